The highest BCUT2D eigenvalue weighted by Gasteiger charge is 2.27. The molecular weight excluding hydrogens is 508 g/mol. The maximum atomic E-state index is 13.9. The SMILES string of the molecule is COCCN(CCC(c1ccccc1)c1ccccc1)C(=O)c1[nH]cc(C(=O)O)c(=O)c1OCC1=CCCC=C1. The summed E-state index contributed by atoms with van der Waals surface area (Å²) in [6, 6.07) is 20.2. The highest BCUT2D eigenvalue weighted by Crippen LogP contribution is 2.28. The molecular formula is C32H34N2O6. The second-order valence-electron chi connectivity index (χ2n) is 9.54. The van der Waals surface area contributed by atoms with E-state index in [1.807, 2.05) is 54.6 Å². The number of hydrogen-bond donors (Lipinski definition) is 2. The van der Waals surface area contributed by atoms with Gasteiger partial charge in [0.2, 0.25) is 5.43 Å². The molecule has 0 bridgehead atoms. The number of nitrogens with one attached hydrogen (secondary N) is 1. The highest BCUT2D eigenvalue weighted by molar-refractivity contribution is 5.96. The summed E-state index contributed by atoms with van der Waals surface area (Å²) in [6.07, 6.45) is 9.34. The molecule has 0 spiro atoms. The number of amides is 1. The fourth-order valence-corrected chi connectivity index (χ4v) is 4.75. The molecule has 2 aromatic carbocycles. The maximum Gasteiger partial charge on any atom is 0.341 e. The Labute approximate surface area is 233 Å². The molecule has 2 N–H and O–H groups in total. The summed E-state index contributed by atoms with van der Waals surface area (Å²) in [5.41, 5.74) is 1.70. The number of carboxylic acids is 1. The lowest BCUT2D eigenvalue weighted by molar-refractivity contribution is 0.0670. The van der Waals surface area contributed by atoms with E-state index >= 15 is 0 Å². The Bertz CT molecular complexity index is 1370. The van der Waals surface area contributed by atoms with Crippen molar-refractivity contribution in [2.24, 2.45) is 0 Å². The number of benzene rings is 2. The van der Waals surface area contributed by atoms with Crippen LogP contribution in [0.5, 0.6) is 5.75 Å². The van der Waals surface area contributed by atoms with Crippen LogP contribution in [0.25, 0.3) is 0 Å². The Morgan fingerprint density at radius 3 is 2.25 bits per heavy atom. The number of hydrogen-bond acceptors (Lipinski definition) is 5. The average molecular weight is 543 g/mol. The number of methoxy groups -OCH3 is 1. The number of carbonyl (C=O) groups is 2. The molecule has 0 atom stereocenters. The first-order valence-corrected chi connectivity index (χ1v) is 13.3. The van der Waals surface area contributed by atoms with Gasteiger partial charge in [-0.3, -0.25) is 9.59 Å². The molecule has 0 saturated heterocycles. The number of pyridine rings is 1. The molecule has 4 rings (SSSR count). The van der Waals surface area contributed by atoms with Gasteiger partial charge >= 0.3 is 5.97 Å². The minimum absolute atomic E-state index is 0.0365. The van der Waals surface area contributed by atoms with E-state index in [2.05, 4.69) is 29.2 Å². The molecule has 40 heavy (non-hydrogen) atoms. The first-order valence-electron chi connectivity index (χ1n) is 13.3. The van der Waals surface area contributed by atoms with Crippen molar-refractivity contribution >= 4 is 11.9 Å². The molecule has 208 valence electrons. The van der Waals surface area contributed by atoms with E-state index in [-0.39, 0.29) is 30.5 Å². The fraction of sp³-hybridized carbons (Fsp3) is 0.281. The van der Waals surface area contributed by atoms with Gasteiger partial charge in [0.15, 0.2) is 11.4 Å². The summed E-state index contributed by atoms with van der Waals surface area (Å²) in [5.74, 6) is -2.12. The van der Waals surface area contributed by atoms with Gasteiger partial charge in [-0.25, -0.2) is 4.79 Å². The van der Waals surface area contributed by atoms with Gasteiger partial charge in [-0.2, -0.15) is 0 Å². The monoisotopic (exact) mass is 542 g/mol. The van der Waals surface area contributed by atoms with Gasteiger partial charge in [0.25, 0.3) is 5.91 Å². The first kappa shape index (κ1) is 28.6. The first-order chi connectivity index (χ1) is 19.5. The van der Waals surface area contributed by atoms with Gasteiger partial charge < -0.3 is 24.5 Å². The second-order valence-corrected chi connectivity index (χ2v) is 9.54. The van der Waals surface area contributed by atoms with Crippen LogP contribution in [0.4, 0.5) is 0 Å². The fourth-order valence-electron chi connectivity index (χ4n) is 4.75. The van der Waals surface area contributed by atoms with Crippen molar-refractivity contribution in [1.29, 1.82) is 0 Å². The van der Waals surface area contributed by atoms with Gasteiger partial charge in [-0.1, -0.05) is 78.9 Å². The smallest absolute Gasteiger partial charge is 0.341 e. The van der Waals surface area contributed by atoms with Crippen LogP contribution in [0.1, 0.15) is 57.2 Å². The number of rotatable bonds is 13. The number of aromatic carboxylic acids is 1. The average Bonchev–Trinajstić information content (AvgIpc) is 2.99. The van der Waals surface area contributed by atoms with E-state index in [1.54, 1.807) is 12.0 Å². The van der Waals surface area contributed by atoms with Crippen LogP contribution >= 0.6 is 0 Å². The van der Waals surface area contributed by atoms with Crippen LogP contribution in [0.2, 0.25) is 0 Å². The molecule has 1 heterocycles. The quantitative estimate of drug-likeness (QED) is 0.313. The molecule has 8 heteroatoms. The van der Waals surface area contributed by atoms with Crippen LogP contribution in [0, 0.1) is 0 Å². The summed E-state index contributed by atoms with van der Waals surface area (Å²) < 4.78 is 11.1. The molecule has 0 fully saturated rings. The minimum atomic E-state index is -1.40. The zero-order chi connectivity index (χ0) is 28.3. The Hall–Kier alpha value is -4.43. The molecule has 1 aromatic heterocycles. The Morgan fingerprint density at radius 2 is 1.68 bits per heavy atom. The Balaban J connectivity index is 1.63. The number of nitrogens with zero attached hydrogens (tertiary/aromatic N) is 1. The Morgan fingerprint density at radius 1 is 1.00 bits per heavy atom. The standard InChI is InChI=1S/C32H34N2O6/c1-39-20-19-34(18-17-26(24-13-7-3-8-14-24)25-15-9-4-10-16-25)31(36)28-30(29(35)27(21-33-28)32(37)38)40-22-23-11-5-2-6-12-23/h3-5,7-16,21,26H,2,6,17-20,22H2,1H3,(H,33,35)(H,37,38). The number of aromatic nitrogens is 1. The third kappa shape index (κ3) is 7.15. The normalized spacial score (nSPS) is 12.7. The van der Waals surface area contributed by atoms with E-state index in [0.29, 0.717) is 19.6 Å². The number of carboxylic acid groups (broad SMARTS) is 1. The molecule has 3 aromatic rings. The molecule has 0 unspecified atom stereocenters. The van der Waals surface area contributed by atoms with Gasteiger partial charge in [0.05, 0.1) is 6.61 Å². The molecule has 1 aliphatic rings. The third-order valence-corrected chi connectivity index (χ3v) is 6.88. The van der Waals surface area contributed by atoms with E-state index in [4.69, 9.17) is 9.47 Å². The number of aromatic amines is 1. The van der Waals surface area contributed by atoms with Crippen molar-refractivity contribution in [1.82, 2.24) is 9.88 Å². The minimum Gasteiger partial charge on any atom is -0.483 e. The molecule has 0 radical (unpaired) electrons. The topological polar surface area (TPSA) is 109 Å². The molecule has 1 amide bonds. The van der Waals surface area contributed by atoms with Crippen molar-refractivity contribution in [2.45, 2.75) is 25.2 Å². The molecule has 0 aliphatic heterocycles. The third-order valence-electron chi connectivity index (χ3n) is 6.88. The van der Waals surface area contributed by atoms with E-state index in [0.717, 1.165) is 35.7 Å². The summed E-state index contributed by atoms with van der Waals surface area (Å²) in [5, 5.41) is 9.51. The number of ether oxygens (including phenoxy) is 2. The lowest BCUT2D eigenvalue weighted by Gasteiger charge is -2.26. The van der Waals surface area contributed by atoms with Crippen LogP contribution in [0.3, 0.4) is 0 Å². The van der Waals surface area contributed by atoms with Gasteiger partial charge in [0, 0.05) is 32.3 Å². The number of carbonyl (C=O) groups excluding carboxylic acids is 1. The van der Waals surface area contributed by atoms with Crippen molar-refractivity contribution in [3.63, 3.8) is 0 Å². The van der Waals surface area contributed by atoms with Crippen molar-refractivity contribution in [3.05, 3.63) is 123 Å². The van der Waals surface area contributed by atoms with E-state index < -0.39 is 22.9 Å². The van der Waals surface area contributed by atoms with Gasteiger partial charge in [-0.05, 0) is 36.0 Å². The Kier molecular flexibility index (Phi) is 10.1. The zero-order valence-electron chi connectivity index (χ0n) is 22.5. The lowest BCUT2D eigenvalue weighted by Crippen LogP contribution is -2.37. The van der Waals surface area contributed by atoms with Crippen molar-refractivity contribution in [3.8, 4) is 5.75 Å². The molecule has 1 aliphatic carbocycles. The van der Waals surface area contributed by atoms with E-state index in [1.165, 1.54) is 0 Å². The lowest BCUT2D eigenvalue weighted by atomic mass is 9.88. The summed E-state index contributed by atoms with van der Waals surface area (Å²) >= 11 is 0. The van der Waals surface area contributed by atoms with E-state index in [9.17, 15) is 19.5 Å². The van der Waals surface area contributed by atoms with Gasteiger partial charge in [-0.15, -0.1) is 0 Å². The number of H-pyrrole nitrogens is 1. The van der Waals surface area contributed by atoms with Gasteiger partial charge in [0.1, 0.15) is 12.2 Å². The second kappa shape index (κ2) is 14.1. The summed E-state index contributed by atoms with van der Waals surface area (Å²) in [6.45, 7) is 0.984. The van der Waals surface area contributed by atoms with Crippen LogP contribution in [0.15, 0.2) is 95.5 Å². The van der Waals surface area contributed by atoms with Crippen molar-refractivity contribution in [2.75, 3.05) is 33.4 Å². The summed E-state index contributed by atoms with van der Waals surface area (Å²) in [4.78, 5) is 43.0. The zero-order valence-corrected chi connectivity index (χ0v) is 22.5. The largest absolute Gasteiger partial charge is 0.483 e. The highest BCUT2D eigenvalue weighted by atomic mass is 16.5. The summed E-state index contributed by atoms with van der Waals surface area (Å²) in [7, 11) is 1.56. The molecule has 8 nitrogen and oxygen atoms in total. The maximum absolute atomic E-state index is 13.9. The predicted molar refractivity (Wildman–Crippen MR) is 153 cm³/mol. The predicted octanol–water partition coefficient (Wildman–Crippen LogP) is 5.04. The van der Waals surface area contributed by atoms with Crippen molar-refractivity contribution < 1.29 is 24.2 Å². The van der Waals surface area contributed by atoms with Crippen LogP contribution in [-0.2, 0) is 4.74 Å². The van der Waals surface area contributed by atoms with Crippen LogP contribution < -0.4 is 10.2 Å². The molecule has 0 saturated carbocycles. The number of allylic oxidation sites excluding steroid dienone is 2. The van der Waals surface area contributed by atoms with Crippen LogP contribution in [-0.4, -0.2) is 60.3 Å².